The van der Waals surface area contributed by atoms with Gasteiger partial charge in [0.2, 0.25) is 0 Å². The van der Waals surface area contributed by atoms with Gasteiger partial charge in [0.1, 0.15) is 11.5 Å². The molecule has 0 fully saturated rings. The second-order valence-electron chi connectivity index (χ2n) is 6.46. The summed E-state index contributed by atoms with van der Waals surface area (Å²) in [5, 5.41) is 11.3. The maximum absolute atomic E-state index is 12.9. The molecule has 0 aliphatic carbocycles. The summed E-state index contributed by atoms with van der Waals surface area (Å²) in [5.41, 5.74) is 2.07. The van der Waals surface area contributed by atoms with Gasteiger partial charge in [-0.1, -0.05) is 35.9 Å². The van der Waals surface area contributed by atoms with Gasteiger partial charge >= 0.3 is 0 Å². The van der Waals surface area contributed by atoms with E-state index in [1.54, 1.807) is 54.7 Å². The number of benzene rings is 2. The summed E-state index contributed by atoms with van der Waals surface area (Å²) >= 11 is 6.20. The lowest BCUT2D eigenvalue weighted by Gasteiger charge is -2.26. The smallest absolute Gasteiger partial charge is 0.290 e. The molecule has 0 radical (unpaired) electrons. The van der Waals surface area contributed by atoms with Crippen LogP contribution in [0.25, 0.3) is 5.57 Å². The number of hydrogen-bond acceptors (Lipinski definition) is 4. The summed E-state index contributed by atoms with van der Waals surface area (Å²) in [6.07, 6.45) is 1.56. The van der Waals surface area contributed by atoms with Gasteiger partial charge in [-0.3, -0.25) is 4.79 Å². The molecule has 142 valence electrons. The monoisotopic (exact) mass is 395 g/mol. The van der Waals surface area contributed by atoms with E-state index in [1.165, 1.54) is 0 Å². The van der Waals surface area contributed by atoms with Crippen molar-refractivity contribution in [2.24, 2.45) is 0 Å². The zero-order chi connectivity index (χ0) is 19.7. The van der Waals surface area contributed by atoms with E-state index in [4.69, 9.17) is 20.8 Å². The first-order valence-electron chi connectivity index (χ1n) is 8.75. The first kappa shape index (κ1) is 18.2. The van der Waals surface area contributed by atoms with Gasteiger partial charge < -0.3 is 19.2 Å². The van der Waals surface area contributed by atoms with Crippen LogP contribution in [0.2, 0.25) is 5.02 Å². The molecule has 0 bridgehead atoms. The number of rotatable bonds is 5. The molecule has 1 N–H and O–H groups in total. The largest absolute Gasteiger partial charge is 0.503 e. The number of aliphatic hydroxyl groups is 1. The lowest BCUT2D eigenvalue weighted by molar-refractivity contribution is -0.130. The molecule has 6 heteroatoms. The third-order valence-electron chi connectivity index (χ3n) is 4.78. The van der Waals surface area contributed by atoms with Gasteiger partial charge in [-0.25, -0.2) is 0 Å². The first-order valence-corrected chi connectivity index (χ1v) is 9.12. The van der Waals surface area contributed by atoms with Crippen LogP contribution in [0.15, 0.2) is 77.1 Å². The highest BCUT2D eigenvalue weighted by Gasteiger charge is 2.41. The van der Waals surface area contributed by atoms with E-state index in [1.807, 2.05) is 24.3 Å². The van der Waals surface area contributed by atoms with Gasteiger partial charge in [-0.05, 0) is 47.5 Å². The Morgan fingerprint density at radius 3 is 2.57 bits per heavy atom. The van der Waals surface area contributed by atoms with Crippen LogP contribution in [-0.4, -0.2) is 23.0 Å². The second-order valence-corrected chi connectivity index (χ2v) is 6.90. The molecule has 0 unspecified atom stereocenters. The Labute approximate surface area is 167 Å². The molecule has 1 amide bonds. The van der Waals surface area contributed by atoms with Gasteiger partial charge in [0.25, 0.3) is 5.91 Å². The Balaban J connectivity index is 1.82. The van der Waals surface area contributed by atoms with Crippen LogP contribution in [0.3, 0.4) is 0 Å². The quantitative estimate of drug-likeness (QED) is 0.660. The van der Waals surface area contributed by atoms with E-state index in [-0.39, 0.29) is 12.3 Å². The molecule has 1 atom stereocenters. The number of carbonyl (C=O) groups excluding carboxylic acids is 1. The Kier molecular flexibility index (Phi) is 4.84. The van der Waals surface area contributed by atoms with Crippen molar-refractivity contribution in [1.82, 2.24) is 4.90 Å². The van der Waals surface area contributed by atoms with Crippen molar-refractivity contribution in [3.8, 4) is 5.75 Å². The van der Waals surface area contributed by atoms with Crippen molar-refractivity contribution in [2.45, 2.75) is 12.6 Å². The zero-order valence-corrected chi connectivity index (χ0v) is 15.9. The van der Waals surface area contributed by atoms with Crippen molar-refractivity contribution in [3.05, 3.63) is 94.6 Å². The van der Waals surface area contributed by atoms with Crippen molar-refractivity contribution >= 4 is 23.1 Å². The third kappa shape index (κ3) is 3.25. The molecule has 0 saturated heterocycles. The van der Waals surface area contributed by atoms with E-state index in [0.29, 0.717) is 22.1 Å². The molecule has 1 aliphatic heterocycles. The van der Waals surface area contributed by atoms with Crippen LogP contribution in [0.5, 0.6) is 5.75 Å². The van der Waals surface area contributed by atoms with E-state index >= 15 is 0 Å². The fraction of sp³-hybridized carbons (Fsp3) is 0.136. The van der Waals surface area contributed by atoms with E-state index in [9.17, 15) is 9.90 Å². The first-order chi connectivity index (χ1) is 13.6. The van der Waals surface area contributed by atoms with Crippen LogP contribution in [0.1, 0.15) is 22.9 Å². The van der Waals surface area contributed by atoms with Gasteiger partial charge in [0.05, 0.1) is 26.0 Å². The molecule has 28 heavy (non-hydrogen) atoms. The molecule has 1 aliphatic rings. The van der Waals surface area contributed by atoms with Gasteiger partial charge in [0, 0.05) is 10.6 Å². The lowest BCUT2D eigenvalue weighted by Crippen LogP contribution is -2.29. The molecule has 0 spiro atoms. The van der Waals surface area contributed by atoms with Crippen LogP contribution < -0.4 is 4.74 Å². The lowest BCUT2D eigenvalue weighted by atomic mass is 9.93. The van der Waals surface area contributed by atoms with E-state index < -0.39 is 11.9 Å². The Bertz CT molecular complexity index is 1020. The second kappa shape index (κ2) is 7.44. The number of methoxy groups -OCH3 is 1. The summed E-state index contributed by atoms with van der Waals surface area (Å²) in [6.45, 7) is 0.229. The number of amides is 1. The molecule has 5 nitrogen and oxygen atoms in total. The van der Waals surface area contributed by atoms with Crippen molar-refractivity contribution < 1.29 is 19.1 Å². The van der Waals surface area contributed by atoms with E-state index in [0.717, 1.165) is 11.1 Å². The average Bonchev–Trinajstić information content (AvgIpc) is 3.30. The van der Waals surface area contributed by atoms with Crippen LogP contribution >= 0.6 is 11.6 Å². The fourth-order valence-electron chi connectivity index (χ4n) is 3.48. The minimum absolute atomic E-state index is 0.229. The predicted octanol–water partition coefficient (Wildman–Crippen LogP) is 4.99. The normalized spacial score (nSPS) is 16.7. The maximum atomic E-state index is 12.9. The number of hydrogen-bond donors (Lipinski definition) is 1. The van der Waals surface area contributed by atoms with Crippen molar-refractivity contribution in [2.75, 3.05) is 7.11 Å². The van der Waals surface area contributed by atoms with Gasteiger partial charge in [-0.2, -0.15) is 0 Å². The third-order valence-corrected chi connectivity index (χ3v) is 5.01. The van der Waals surface area contributed by atoms with E-state index in [2.05, 4.69) is 0 Å². The summed E-state index contributed by atoms with van der Waals surface area (Å²) in [4.78, 5) is 14.5. The Morgan fingerprint density at radius 1 is 1.14 bits per heavy atom. The summed E-state index contributed by atoms with van der Waals surface area (Å²) < 4.78 is 10.6. The number of carbonyl (C=O) groups is 1. The number of aliphatic hydroxyl groups excluding tert-OH is 1. The van der Waals surface area contributed by atoms with Crippen molar-refractivity contribution in [1.29, 1.82) is 0 Å². The number of furan rings is 1. The number of halogens is 1. The van der Waals surface area contributed by atoms with Crippen LogP contribution in [0, 0.1) is 0 Å². The Morgan fingerprint density at radius 2 is 1.93 bits per heavy atom. The minimum atomic E-state index is -0.496. The highest BCUT2D eigenvalue weighted by molar-refractivity contribution is 6.30. The highest BCUT2D eigenvalue weighted by Crippen LogP contribution is 2.44. The van der Waals surface area contributed by atoms with Crippen LogP contribution in [-0.2, 0) is 11.3 Å². The highest BCUT2D eigenvalue weighted by atomic mass is 35.5. The molecular formula is C22H18ClNO4. The SMILES string of the molecule is COc1ccc(C2=C(O)C(=O)N(Cc3ccco3)[C@@H]2c2cccc(Cl)c2)cc1. The Hall–Kier alpha value is -3.18. The van der Waals surface area contributed by atoms with Gasteiger partial charge in [-0.15, -0.1) is 0 Å². The number of ether oxygens (including phenoxy) is 1. The topological polar surface area (TPSA) is 62.9 Å². The van der Waals surface area contributed by atoms with Gasteiger partial charge in [0.15, 0.2) is 5.76 Å². The molecule has 4 rings (SSSR count). The summed E-state index contributed by atoms with van der Waals surface area (Å²) in [7, 11) is 1.59. The fourth-order valence-corrected chi connectivity index (χ4v) is 3.67. The molecule has 1 aromatic heterocycles. The predicted molar refractivity (Wildman–Crippen MR) is 106 cm³/mol. The summed E-state index contributed by atoms with van der Waals surface area (Å²) in [6, 6.07) is 17.6. The van der Waals surface area contributed by atoms with Crippen molar-refractivity contribution in [3.63, 3.8) is 0 Å². The minimum Gasteiger partial charge on any atom is -0.503 e. The van der Waals surface area contributed by atoms with Crippen LogP contribution in [0.4, 0.5) is 0 Å². The summed E-state index contributed by atoms with van der Waals surface area (Å²) in [5.74, 6) is 0.595. The maximum Gasteiger partial charge on any atom is 0.290 e. The number of nitrogens with zero attached hydrogens (tertiary/aromatic N) is 1. The average molecular weight is 396 g/mol. The molecule has 3 aromatic rings. The molecule has 2 heterocycles. The molecule has 2 aromatic carbocycles. The molecule has 0 saturated carbocycles. The molecular weight excluding hydrogens is 378 g/mol. The zero-order valence-electron chi connectivity index (χ0n) is 15.1. The standard InChI is InChI=1S/C22H18ClNO4/c1-27-17-9-7-14(8-10-17)19-20(15-4-2-5-16(23)12-15)24(22(26)21(19)25)13-18-6-3-11-28-18/h2-12,20,25H,13H2,1H3/t20-/m1/s1.